The molecule has 0 fully saturated rings. The summed E-state index contributed by atoms with van der Waals surface area (Å²) in [6, 6.07) is 0. The number of rotatable bonds is 7. The highest BCUT2D eigenvalue weighted by Crippen LogP contribution is 2.27. The first-order valence-electron chi connectivity index (χ1n) is 6.11. The lowest BCUT2D eigenvalue weighted by Crippen LogP contribution is -2.13. The largest absolute Gasteiger partial charge is 0.100 e. The van der Waals surface area contributed by atoms with Gasteiger partial charge in [0, 0.05) is 0 Å². The third kappa shape index (κ3) is 6.23. The Labute approximate surface area is 90.8 Å². The summed E-state index contributed by atoms with van der Waals surface area (Å²) in [6.45, 7) is 15.5. The van der Waals surface area contributed by atoms with E-state index >= 15 is 0 Å². The summed E-state index contributed by atoms with van der Waals surface area (Å²) >= 11 is 0. The van der Waals surface area contributed by atoms with Gasteiger partial charge in [0.2, 0.25) is 0 Å². The second-order valence-corrected chi connectivity index (χ2v) is 5.29. The molecule has 0 aromatic carbocycles. The number of hydrogen-bond acceptors (Lipinski definition) is 0. The van der Waals surface area contributed by atoms with E-state index in [1.807, 2.05) is 0 Å². The van der Waals surface area contributed by atoms with Crippen LogP contribution in [0.25, 0.3) is 0 Å². The third-order valence-corrected chi connectivity index (χ3v) is 3.04. The van der Waals surface area contributed by atoms with E-state index in [1.165, 1.54) is 31.3 Å². The third-order valence-electron chi connectivity index (χ3n) is 3.04. The first-order chi connectivity index (χ1) is 6.47. The molecule has 0 heterocycles. The molecule has 0 aromatic rings. The Balaban J connectivity index is 4.02. The minimum absolute atomic E-state index is 0.797. The highest BCUT2D eigenvalue weighted by Gasteiger charge is 2.16. The van der Waals surface area contributed by atoms with Crippen molar-refractivity contribution in [3.8, 4) is 0 Å². The van der Waals surface area contributed by atoms with Crippen LogP contribution >= 0.6 is 0 Å². The molecule has 14 heavy (non-hydrogen) atoms. The van der Waals surface area contributed by atoms with Crippen LogP contribution in [0.15, 0.2) is 12.2 Å². The zero-order chi connectivity index (χ0) is 11.1. The smallest absolute Gasteiger partial charge is 0.0295 e. The van der Waals surface area contributed by atoms with Crippen molar-refractivity contribution in [3.63, 3.8) is 0 Å². The molecular formula is C14H28. The van der Waals surface area contributed by atoms with Crippen molar-refractivity contribution in [1.82, 2.24) is 0 Å². The molecule has 0 bridgehead atoms. The van der Waals surface area contributed by atoms with E-state index in [0.717, 1.165) is 17.8 Å². The Morgan fingerprint density at radius 1 is 1.21 bits per heavy atom. The van der Waals surface area contributed by atoms with Gasteiger partial charge in [0.25, 0.3) is 0 Å². The summed E-state index contributed by atoms with van der Waals surface area (Å²) in [5, 5.41) is 0. The molecule has 0 aromatic heterocycles. The van der Waals surface area contributed by atoms with Gasteiger partial charge in [0.1, 0.15) is 0 Å². The van der Waals surface area contributed by atoms with Crippen LogP contribution in [0.2, 0.25) is 0 Å². The van der Waals surface area contributed by atoms with E-state index < -0.39 is 0 Å². The lowest BCUT2D eigenvalue weighted by atomic mass is 9.82. The van der Waals surface area contributed by atoms with Gasteiger partial charge in [-0.2, -0.15) is 0 Å². The van der Waals surface area contributed by atoms with Gasteiger partial charge in [-0.15, -0.1) is 6.58 Å². The average molecular weight is 196 g/mol. The van der Waals surface area contributed by atoms with Crippen molar-refractivity contribution in [2.45, 2.75) is 60.3 Å². The summed E-state index contributed by atoms with van der Waals surface area (Å²) < 4.78 is 0. The molecule has 0 amide bonds. The summed E-state index contributed by atoms with van der Waals surface area (Å²) in [7, 11) is 0. The van der Waals surface area contributed by atoms with Crippen LogP contribution in [-0.4, -0.2) is 0 Å². The highest BCUT2D eigenvalue weighted by molar-refractivity contribution is 4.91. The van der Waals surface area contributed by atoms with Crippen LogP contribution in [0.5, 0.6) is 0 Å². The Morgan fingerprint density at radius 3 is 2.14 bits per heavy atom. The molecule has 0 N–H and O–H groups in total. The fourth-order valence-corrected chi connectivity index (χ4v) is 2.17. The van der Waals surface area contributed by atoms with E-state index in [-0.39, 0.29) is 0 Å². The molecule has 2 atom stereocenters. The summed E-state index contributed by atoms with van der Waals surface area (Å²) in [5.41, 5.74) is 1.34. The lowest BCUT2D eigenvalue weighted by molar-refractivity contribution is 0.295. The Morgan fingerprint density at radius 2 is 1.79 bits per heavy atom. The minimum atomic E-state index is 0.797. The quantitative estimate of drug-likeness (QED) is 0.500. The van der Waals surface area contributed by atoms with Gasteiger partial charge in [-0.05, 0) is 37.5 Å². The maximum Gasteiger partial charge on any atom is -0.0295 e. The van der Waals surface area contributed by atoms with Crippen LogP contribution in [-0.2, 0) is 0 Å². The minimum Gasteiger partial charge on any atom is -0.100 e. The van der Waals surface area contributed by atoms with Gasteiger partial charge < -0.3 is 0 Å². The van der Waals surface area contributed by atoms with Crippen molar-refractivity contribution < 1.29 is 0 Å². The number of hydrogen-bond donors (Lipinski definition) is 0. The molecule has 0 nitrogen and oxygen atoms in total. The van der Waals surface area contributed by atoms with Crippen LogP contribution in [0.1, 0.15) is 60.3 Å². The monoisotopic (exact) mass is 196 g/mol. The fourth-order valence-electron chi connectivity index (χ4n) is 2.17. The summed E-state index contributed by atoms with van der Waals surface area (Å²) in [4.78, 5) is 0. The molecule has 0 heteroatoms. The molecule has 0 aliphatic heterocycles. The molecular weight excluding hydrogens is 168 g/mol. The van der Waals surface area contributed by atoms with Gasteiger partial charge in [-0.1, -0.05) is 46.1 Å². The molecule has 0 aliphatic carbocycles. The molecule has 0 aliphatic rings. The highest BCUT2D eigenvalue weighted by atomic mass is 14.2. The van der Waals surface area contributed by atoms with Crippen LogP contribution in [0, 0.1) is 17.8 Å². The second-order valence-electron chi connectivity index (χ2n) is 5.29. The van der Waals surface area contributed by atoms with E-state index in [2.05, 4.69) is 41.2 Å². The van der Waals surface area contributed by atoms with E-state index in [0.29, 0.717) is 0 Å². The van der Waals surface area contributed by atoms with Crippen molar-refractivity contribution in [3.05, 3.63) is 12.2 Å². The molecule has 2 unspecified atom stereocenters. The van der Waals surface area contributed by atoms with E-state index in [1.54, 1.807) is 0 Å². The van der Waals surface area contributed by atoms with Crippen molar-refractivity contribution in [2.75, 3.05) is 0 Å². The standard InChI is InChI=1S/C14H28/c1-7-8-13(6)10-14(12(4)5)9-11(2)3/h12-14H,2,7-10H2,1,3-6H3. The summed E-state index contributed by atoms with van der Waals surface area (Å²) in [5.74, 6) is 2.52. The Hall–Kier alpha value is -0.260. The SMILES string of the molecule is C=C(C)CC(CC(C)CCC)C(C)C. The zero-order valence-corrected chi connectivity index (χ0v) is 10.8. The Kier molecular flexibility index (Phi) is 6.96. The normalized spacial score (nSPS) is 15.6. The topological polar surface area (TPSA) is 0 Å². The molecule has 0 saturated heterocycles. The maximum absolute atomic E-state index is 4.03. The first-order valence-corrected chi connectivity index (χ1v) is 6.11. The van der Waals surface area contributed by atoms with E-state index in [4.69, 9.17) is 0 Å². The molecule has 0 rings (SSSR count). The van der Waals surface area contributed by atoms with Gasteiger partial charge in [-0.3, -0.25) is 0 Å². The fraction of sp³-hybridized carbons (Fsp3) is 0.857. The van der Waals surface area contributed by atoms with Crippen molar-refractivity contribution in [2.24, 2.45) is 17.8 Å². The van der Waals surface area contributed by atoms with Gasteiger partial charge in [0.05, 0.1) is 0 Å². The van der Waals surface area contributed by atoms with Gasteiger partial charge in [-0.25, -0.2) is 0 Å². The summed E-state index contributed by atoms with van der Waals surface area (Å²) in [6.07, 6.45) is 5.28. The second kappa shape index (κ2) is 7.09. The molecule has 0 saturated carbocycles. The zero-order valence-electron chi connectivity index (χ0n) is 10.8. The Bertz CT molecular complexity index is 155. The van der Waals surface area contributed by atoms with Crippen LogP contribution in [0.3, 0.4) is 0 Å². The predicted octanol–water partition coefficient (Wildman–Crippen LogP) is 5.05. The molecule has 0 spiro atoms. The van der Waals surface area contributed by atoms with Crippen LogP contribution < -0.4 is 0 Å². The first kappa shape index (κ1) is 13.7. The van der Waals surface area contributed by atoms with Gasteiger partial charge >= 0.3 is 0 Å². The molecule has 84 valence electrons. The predicted molar refractivity (Wildman–Crippen MR) is 66.4 cm³/mol. The van der Waals surface area contributed by atoms with Crippen molar-refractivity contribution in [1.29, 1.82) is 0 Å². The average Bonchev–Trinajstić information content (AvgIpc) is 2.02. The van der Waals surface area contributed by atoms with Crippen LogP contribution in [0.4, 0.5) is 0 Å². The van der Waals surface area contributed by atoms with Gasteiger partial charge in [0.15, 0.2) is 0 Å². The lowest BCUT2D eigenvalue weighted by Gasteiger charge is -2.24. The number of allylic oxidation sites excluding steroid dienone is 1. The maximum atomic E-state index is 4.03. The molecule has 0 radical (unpaired) electrons. The van der Waals surface area contributed by atoms with E-state index in [9.17, 15) is 0 Å². The van der Waals surface area contributed by atoms with Crippen molar-refractivity contribution >= 4 is 0 Å².